The van der Waals surface area contributed by atoms with Gasteiger partial charge in [-0.05, 0) is 0 Å². The molecule has 0 heterocycles. The number of carbonyl (C=O) groups excluding carboxylic acids is 1. The van der Waals surface area contributed by atoms with E-state index >= 15 is 0 Å². The minimum atomic E-state index is -0.600. The van der Waals surface area contributed by atoms with Crippen molar-refractivity contribution in [2.75, 3.05) is 6.61 Å². The fraction of sp³-hybridized carbons (Fsp3) is 0.167. The highest BCUT2D eigenvalue weighted by atomic mass is 35.5. The van der Waals surface area contributed by atoms with Gasteiger partial charge in [-0.25, -0.2) is 4.79 Å². The summed E-state index contributed by atoms with van der Waals surface area (Å²) in [6.07, 6.45) is 1.46. The van der Waals surface area contributed by atoms with Crippen LogP contribution in [0.4, 0.5) is 0 Å². The summed E-state index contributed by atoms with van der Waals surface area (Å²) in [7, 11) is 0. The molecule has 0 radical (unpaired) electrons. The van der Waals surface area contributed by atoms with Crippen LogP contribution in [0.1, 0.15) is 0 Å². The van der Waals surface area contributed by atoms with E-state index in [2.05, 4.69) is 17.9 Å². The van der Waals surface area contributed by atoms with E-state index in [4.69, 9.17) is 11.6 Å². The highest BCUT2D eigenvalue weighted by Crippen LogP contribution is 1.98. The van der Waals surface area contributed by atoms with Crippen molar-refractivity contribution < 1.29 is 9.53 Å². The van der Waals surface area contributed by atoms with Gasteiger partial charge in [-0.1, -0.05) is 30.8 Å². The third-order valence-electron chi connectivity index (χ3n) is 0.554. The Morgan fingerprint density at radius 2 is 2.33 bits per heavy atom. The smallest absolute Gasteiger partial charge is 0.349 e. The van der Waals surface area contributed by atoms with Gasteiger partial charge in [0, 0.05) is 0 Å². The first-order valence-electron chi connectivity index (χ1n) is 2.31. The van der Waals surface area contributed by atoms with E-state index in [1.54, 1.807) is 0 Å². The van der Waals surface area contributed by atoms with Crippen molar-refractivity contribution >= 4 is 17.6 Å². The normalized spacial score (nSPS) is 8.11. The molecule has 0 N–H and O–H groups in total. The van der Waals surface area contributed by atoms with Gasteiger partial charge in [-0.15, -0.1) is 0 Å². The lowest BCUT2D eigenvalue weighted by atomic mass is 10.6. The van der Waals surface area contributed by atoms with Gasteiger partial charge in [0.05, 0.1) is 0 Å². The first-order valence-corrected chi connectivity index (χ1v) is 2.68. The zero-order valence-corrected chi connectivity index (χ0v) is 5.65. The second-order valence-electron chi connectivity index (χ2n) is 1.29. The molecule has 9 heavy (non-hydrogen) atoms. The molecule has 0 saturated carbocycles. The van der Waals surface area contributed by atoms with Crippen molar-refractivity contribution in [3.8, 4) is 0 Å². The molecule has 0 fully saturated rings. The van der Waals surface area contributed by atoms with Crippen LogP contribution < -0.4 is 0 Å². The number of esters is 1. The molecule has 0 aromatic carbocycles. The molecule has 3 heteroatoms. The molecular weight excluding hydrogens is 140 g/mol. The average molecular weight is 147 g/mol. The predicted molar refractivity (Wildman–Crippen MR) is 36.1 cm³/mol. The van der Waals surface area contributed by atoms with Crippen molar-refractivity contribution in [3.63, 3.8) is 0 Å². The van der Waals surface area contributed by atoms with Gasteiger partial charge in [0.2, 0.25) is 0 Å². The summed E-state index contributed by atoms with van der Waals surface area (Å²) in [4.78, 5) is 10.4. The number of halogens is 1. The van der Waals surface area contributed by atoms with Crippen molar-refractivity contribution in [2.45, 2.75) is 0 Å². The van der Waals surface area contributed by atoms with Crippen LogP contribution >= 0.6 is 11.6 Å². The Morgan fingerprint density at radius 1 is 1.78 bits per heavy atom. The second kappa shape index (κ2) is 4.15. The van der Waals surface area contributed by atoms with Crippen LogP contribution in [-0.2, 0) is 9.53 Å². The van der Waals surface area contributed by atoms with Crippen LogP contribution in [0.5, 0.6) is 0 Å². The number of ether oxygens (including phenoxy) is 1. The molecule has 0 aliphatic heterocycles. The highest BCUT2D eigenvalue weighted by Gasteiger charge is 2.01. The molecule has 0 atom stereocenters. The lowest BCUT2D eigenvalue weighted by Crippen LogP contribution is -2.02. The molecule has 0 amide bonds. The van der Waals surface area contributed by atoms with Gasteiger partial charge in [-0.2, -0.15) is 0 Å². The lowest BCUT2D eigenvalue weighted by molar-refractivity contribution is -0.137. The van der Waals surface area contributed by atoms with E-state index < -0.39 is 5.97 Å². The maximum absolute atomic E-state index is 10.4. The zero-order valence-electron chi connectivity index (χ0n) is 4.89. The fourth-order valence-electron chi connectivity index (χ4n) is 0.213. The van der Waals surface area contributed by atoms with E-state index in [1.165, 1.54) is 6.08 Å². The predicted octanol–water partition coefficient (Wildman–Crippen LogP) is 1.47. The molecular formula is C6H7ClO2. The Hall–Kier alpha value is -0.760. The van der Waals surface area contributed by atoms with Gasteiger partial charge in [0.1, 0.15) is 11.6 Å². The Kier molecular flexibility index (Phi) is 3.80. The summed E-state index contributed by atoms with van der Waals surface area (Å²) in [6, 6.07) is 0. The molecule has 0 unspecified atom stereocenters. The molecule has 0 aromatic rings. The molecule has 0 spiro atoms. The van der Waals surface area contributed by atoms with Gasteiger partial charge in [-0.3, -0.25) is 0 Å². The standard InChI is InChI=1S/C6H7ClO2/c1-3-4-9-6(8)5(2)7/h3H,1-2,4H2. The number of hydrogen-bond acceptors (Lipinski definition) is 2. The topological polar surface area (TPSA) is 26.3 Å². The van der Waals surface area contributed by atoms with E-state index in [0.29, 0.717) is 0 Å². The first-order chi connectivity index (χ1) is 4.18. The number of rotatable bonds is 3. The maximum atomic E-state index is 10.4. The Morgan fingerprint density at radius 3 is 2.67 bits per heavy atom. The Labute approximate surface area is 58.8 Å². The minimum Gasteiger partial charge on any atom is -0.457 e. The molecule has 0 aliphatic rings. The summed E-state index contributed by atoms with van der Waals surface area (Å²) >= 11 is 5.16. The largest absolute Gasteiger partial charge is 0.457 e. The average Bonchev–Trinajstić information content (AvgIpc) is 1.82. The monoisotopic (exact) mass is 146 g/mol. The van der Waals surface area contributed by atoms with E-state index in [0.717, 1.165) is 0 Å². The van der Waals surface area contributed by atoms with Crippen molar-refractivity contribution in [1.82, 2.24) is 0 Å². The molecule has 0 saturated heterocycles. The first kappa shape index (κ1) is 8.24. The van der Waals surface area contributed by atoms with Gasteiger partial charge >= 0.3 is 5.97 Å². The Bertz CT molecular complexity index is 140. The summed E-state index contributed by atoms with van der Waals surface area (Å²) < 4.78 is 4.46. The highest BCUT2D eigenvalue weighted by molar-refractivity contribution is 6.40. The fourth-order valence-corrected chi connectivity index (χ4v) is 0.267. The quantitative estimate of drug-likeness (QED) is 0.342. The lowest BCUT2D eigenvalue weighted by Gasteiger charge is -1.96. The maximum Gasteiger partial charge on any atom is 0.349 e. The zero-order chi connectivity index (χ0) is 7.28. The third-order valence-corrected chi connectivity index (χ3v) is 0.708. The molecule has 0 bridgehead atoms. The van der Waals surface area contributed by atoms with E-state index in [1.807, 2.05) is 0 Å². The summed E-state index contributed by atoms with van der Waals surface area (Å²) in [5.41, 5.74) is 0. The second-order valence-corrected chi connectivity index (χ2v) is 1.75. The molecule has 0 rings (SSSR count). The minimum absolute atomic E-state index is 0.114. The van der Waals surface area contributed by atoms with Crippen molar-refractivity contribution in [2.24, 2.45) is 0 Å². The van der Waals surface area contributed by atoms with E-state index in [9.17, 15) is 4.79 Å². The van der Waals surface area contributed by atoms with Crippen LogP contribution in [0, 0.1) is 0 Å². The Balaban J connectivity index is 3.51. The summed E-state index contributed by atoms with van der Waals surface area (Å²) in [6.45, 7) is 6.68. The van der Waals surface area contributed by atoms with Crippen molar-refractivity contribution in [3.05, 3.63) is 24.3 Å². The SMILES string of the molecule is C=CCOC(=O)C(=C)Cl. The number of hydrogen-bond donors (Lipinski definition) is 0. The van der Waals surface area contributed by atoms with Crippen LogP contribution in [-0.4, -0.2) is 12.6 Å². The van der Waals surface area contributed by atoms with Crippen LogP contribution in [0.3, 0.4) is 0 Å². The van der Waals surface area contributed by atoms with Crippen LogP contribution in [0.2, 0.25) is 0 Å². The van der Waals surface area contributed by atoms with Crippen LogP contribution in [0.25, 0.3) is 0 Å². The molecule has 0 aromatic heterocycles. The third kappa shape index (κ3) is 3.79. The molecule has 50 valence electrons. The van der Waals surface area contributed by atoms with Crippen molar-refractivity contribution in [1.29, 1.82) is 0 Å². The summed E-state index contributed by atoms with van der Waals surface area (Å²) in [5, 5.41) is -0.114. The molecule has 0 aliphatic carbocycles. The van der Waals surface area contributed by atoms with Crippen LogP contribution in [0.15, 0.2) is 24.3 Å². The van der Waals surface area contributed by atoms with E-state index in [-0.39, 0.29) is 11.6 Å². The summed E-state index contributed by atoms with van der Waals surface area (Å²) in [5.74, 6) is -0.600. The number of carbonyl (C=O) groups is 1. The molecule has 2 nitrogen and oxygen atoms in total. The van der Waals surface area contributed by atoms with Gasteiger partial charge in [0.15, 0.2) is 0 Å². The van der Waals surface area contributed by atoms with Gasteiger partial charge in [0.25, 0.3) is 0 Å². The van der Waals surface area contributed by atoms with Gasteiger partial charge < -0.3 is 4.74 Å².